The zero-order valence-corrected chi connectivity index (χ0v) is 21.9. The molecule has 1 amide bonds. The molecule has 0 spiro atoms. The molecule has 6 nitrogen and oxygen atoms in total. The molecule has 4 aromatic rings. The third-order valence-corrected chi connectivity index (χ3v) is 7.83. The number of rotatable bonds is 8. The number of nitrogens with one attached hydrogen (secondary N) is 1. The number of halogens is 3. The Morgan fingerprint density at radius 1 is 1.19 bits per heavy atom. The van der Waals surface area contributed by atoms with Crippen LogP contribution in [0, 0.1) is 6.92 Å². The van der Waals surface area contributed by atoms with Crippen LogP contribution in [0.25, 0.3) is 15.9 Å². The van der Waals surface area contributed by atoms with Crippen LogP contribution in [-0.4, -0.2) is 28.3 Å². The molecule has 11 heteroatoms. The molecule has 0 atom stereocenters. The summed E-state index contributed by atoms with van der Waals surface area (Å²) < 4.78 is 45.7. The lowest BCUT2D eigenvalue weighted by Gasteiger charge is -2.13. The normalized spacial score (nSPS) is 11.6. The number of aromatic nitrogens is 2. The van der Waals surface area contributed by atoms with E-state index in [1.807, 2.05) is 6.92 Å². The highest BCUT2D eigenvalue weighted by molar-refractivity contribution is 7.99. The van der Waals surface area contributed by atoms with Crippen molar-refractivity contribution in [3.8, 4) is 11.4 Å². The lowest BCUT2D eigenvalue weighted by molar-refractivity contribution is -0.137. The highest BCUT2D eigenvalue weighted by Gasteiger charge is 2.30. The van der Waals surface area contributed by atoms with Crippen molar-refractivity contribution in [2.75, 3.05) is 18.2 Å². The number of aryl methyl sites for hydroxylation is 2. The summed E-state index contributed by atoms with van der Waals surface area (Å²) in [7, 11) is 1.54. The number of amides is 1. The van der Waals surface area contributed by atoms with Gasteiger partial charge >= 0.3 is 6.18 Å². The maximum atomic E-state index is 13.7. The van der Waals surface area contributed by atoms with Crippen molar-refractivity contribution in [3.05, 3.63) is 74.9 Å². The molecule has 4 rings (SSSR count). The van der Waals surface area contributed by atoms with Gasteiger partial charge in [0.25, 0.3) is 5.56 Å². The van der Waals surface area contributed by atoms with Crippen molar-refractivity contribution >= 4 is 44.9 Å². The Hall–Kier alpha value is -3.31. The summed E-state index contributed by atoms with van der Waals surface area (Å²) in [4.78, 5) is 32.7. The Balaban J connectivity index is 1.68. The Morgan fingerprint density at radius 2 is 1.92 bits per heavy atom. The van der Waals surface area contributed by atoms with Crippen LogP contribution in [0.4, 0.5) is 18.9 Å². The topological polar surface area (TPSA) is 73.2 Å². The summed E-state index contributed by atoms with van der Waals surface area (Å²) in [5.41, 5.74) is 0.403. The molecule has 1 N–H and O–H groups in total. The highest BCUT2D eigenvalue weighted by Crippen LogP contribution is 2.32. The zero-order chi connectivity index (χ0) is 26.7. The summed E-state index contributed by atoms with van der Waals surface area (Å²) in [6.45, 7) is 3.98. The quantitative estimate of drug-likeness (QED) is 0.202. The van der Waals surface area contributed by atoms with Crippen molar-refractivity contribution in [3.63, 3.8) is 0 Å². The lowest BCUT2D eigenvalue weighted by atomic mass is 10.1. The molecule has 0 saturated carbocycles. The van der Waals surface area contributed by atoms with E-state index in [2.05, 4.69) is 12.2 Å². The molecule has 194 valence electrons. The molecule has 2 aromatic carbocycles. The van der Waals surface area contributed by atoms with Gasteiger partial charge in [0.2, 0.25) is 5.91 Å². The van der Waals surface area contributed by atoms with Crippen molar-refractivity contribution in [1.82, 2.24) is 9.55 Å². The first-order chi connectivity index (χ1) is 17.6. The predicted molar refractivity (Wildman–Crippen MR) is 141 cm³/mol. The number of carbonyl (C=O) groups is 1. The van der Waals surface area contributed by atoms with Crippen LogP contribution in [0.3, 0.4) is 0 Å². The van der Waals surface area contributed by atoms with Gasteiger partial charge in [-0.15, -0.1) is 11.3 Å². The van der Waals surface area contributed by atoms with Gasteiger partial charge < -0.3 is 10.1 Å². The van der Waals surface area contributed by atoms with E-state index in [0.29, 0.717) is 26.8 Å². The van der Waals surface area contributed by atoms with Crippen LogP contribution in [0.1, 0.15) is 29.3 Å². The average molecular weight is 548 g/mol. The number of hydrogen-bond donors (Lipinski definition) is 1. The van der Waals surface area contributed by atoms with Crippen LogP contribution >= 0.6 is 23.1 Å². The number of nitrogens with zero attached hydrogens (tertiary/aromatic N) is 2. The second-order valence-electron chi connectivity index (χ2n) is 8.23. The molecular formula is C26H24F3N3O3S2. The van der Waals surface area contributed by atoms with Gasteiger partial charge in [-0.2, -0.15) is 13.2 Å². The molecule has 0 unspecified atom stereocenters. The first kappa shape index (κ1) is 26.7. The molecule has 0 bridgehead atoms. The fourth-order valence-corrected chi connectivity index (χ4v) is 5.96. The summed E-state index contributed by atoms with van der Waals surface area (Å²) in [5.74, 6) is -0.0530. The molecule has 2 heterocycles. The van der Waals surface area contributed by atoms with Gasteiger partial charge in [0.05, 0.1) is 29.5 Å². The van der Waals surface area contributed by atoms with E-state index in [9.17, 15) is 22.8 Å². The summed E-state index contributed by atoms with van der Waals surface area (Å²) >= 11 is 2.50. The number of thiophene rings is 1. The minimum Gasteiger partial charge on any atom is -0.497 e. The van der Waals surface area contributed by atoms with Gasteiger partial charge in [-0.25, -0.2) is 4.98 Å². The molecule has 2 aromatic heterocycles. The van der Waals surface area contributed by atoms with E-state index in [1.54, 1.807) is 31.4 Å². The second-order valence-corrected chi connectivity index (χ2v) is 10.3. The molecule has 0 fully saturated rings. The number of benzene rings is 2. The van der Waals surface area contributed by atoms with Crippen molar-refractivity contribution < 1.29 is 22.7 Å². The van der Waals surface area contributed by atoms with Gasteiger partial charge in [0, 0.05) is 10.6 Å². The third-order valence-electron chi connectivity index (χ3n) is 5.65. The van der Waals surface area contributed by atoms with E-state index in [1.165, 1.54) is 28.0 Å². The number of fused-ring (bicyclic) bond motifs is 1. The molecule has 0 radical (unpaired) electrons. The fraction of sp³-hybridized carbons (Fsp3) is 0.269. The van der Waals surface area contributed by atoms with E-state index < -0.39 is 17.6 Å². The van der Waals surface area contributed by atoms with Gasteiger partial charge in [-0.05, 0) is 61.4 Å². The molecule has 0 saturated heterocycles. The van der Waals surface area contributed by atoms with Crippen LogP contribution in [0.2, 0.25) is 0 Å². The number of thioether (sulfide) groups is 1. The SMILES string of the molecule is CCCc1sc2nc(SCC(=O)Nc3cccc(C(F)(F)F)c3)n(-c3ccc(OC)cc3)c(=O)c2c1C. The highest BCUT2D eigenvalue weighted by atomic mass is 32.2. The standard InChI is InChI=1S/C26H24F3N3O3S2/c1-4-6-20-15(2)22-23(37-20)31-25(32(24(22)34)18-9-11-19(35-3)12-10-18)36-14-21(33)30-17-8-5-7-16(13-17)26(27,28)29/h5,7-13H,4,6,14H2,1-3H3,(H,30,33). The largest absolute Gasteiger partial charge is 0.497 e. The van der Waals surface area contributed by atoms with E-state index in [-0.39, 0.29) is 17.0 Å². The predicted octanol–water partition coefficient (Wildman–Crippen LogP) is 6.47. The Morgan fingerprint density at radius 3 is 2.57 bits per heavy atom. The summed E-state index contributed by atoms with van der Waals surface area (Å²) in [6.07, 6.45) is -2.76. The number of alkyl halides is 3. The van der Waals surface area contributed by atoms with E-state index in [4.69, 9.17) is 9.72 Å². The number of anilines is 1. The van der Waals surface area contributed by atoms with E-state index >= 15 is 0 Å². The first-order valence-electron chi connectivity index (χ1n) is 11.4. The maximum absolute atomic E-state index is 13.7. The minimum absolute atomic E-state index is 0.0365. The molecule has 0 aliphatic carbocycles. The third kappa shape index (κ3) is 5.83. The summed E-state index contributed by atoms with van der Waals surface area (Å²) in [5, 5.41) is 3.35. The van der Waals surface area contributed by atoms with Gasteiger partial charge in [0.1, 0.15) is 10.6 Å². The minimum atomic E-state index is -4.52. The van der Waals surface area contributed by atoms with Gasteiger partial charge in [-0.3, -0.25) is 14.2 Å². The number of carbonyl (C=O) groups excluding carboxylic acids is 1. The lowest BCUT2D eigenvalue weighted by Crippen LogP contribution is -2.23. The number of hydrogen-bond acceptors (Lipinski definition) is 6. The van der Waals surface area contributed by atoms with Crippen molar-refractivity contribution in [1.29, 1.82) is 0 Å². The summed E-state index contributed by atoms with van der Waals surface area (Å²) in [6, 6.07) is 11.4. The van der Waals surface area contributed by atoms with Crippen LogP contribution in [0.5, 0.6) is 5.75 Å². The zero-order valence-electron chi connectivity index (χ0n) is 20.3. The van der Waals surface area contributed by atoms with Gasteiger partial charge in [-0.1, -0.05) is 31.2 Å². The molecule has 37 heavy (non-hydrogen) atoms. The Bertz CT molecular complexity index is 1500. The first-order valence-corrected chi connectivity index (χ1v) is 13.2. The molecule has 0 aliphatic heterocycles. The number of ether oxygens (including phenoxy) is 1. The van der Waals surface area contributed by atoms with Crippen LogP contribution in [0.15, 0.2) is 58.5 Å². The average Bonchev–Trinajstić information content (AvgIpc) is 3.18. The van der Waals surface area contributed by atoms with E-state index in [0.717, 1.165) is 47.2 Å². The fourth-order valence-electron chi connectivity index (χ4n) is 3.83. The van der Waals surface area contributed by atoms with Crippen molar-refractivity contribution in [2.24, 2.45) is 0 Å². The monoisotopic (exact) mass is 547 g/mol. The smallest absolute Gasteiger partial charge is 0.416 e. The Kier molecular flexibility index (Phi) is 7.93. The maximum Gasteiger partial charge on any atom is 0.416 e. The van der Waals surface area contributed by atoms with Gasteiger partial charge in [0.15, 0.2) is 5.16 Å². The second kappa shape index (κ2) is 11.0. The van der Waals surface area contributed by atoms with Crippen LogP contribution in [-0.2, 0) is 17.4 Å². The molecular weight excluding hydrogens is 523 g/mol. The molecule has 0 aliphatic rings. The number of methoxy groups -OCH3 is 1. The van der Waals surface area contributed by atoms with Crippen LogP contribution < -0.4 is 15.6 Å². The Labute approximate surface area is 219 Å². The van der Waals surface area contributed by atoms with Crippen molar-refractivity contribution in [2.45, 2.75) is 38.0 Å².